The molecular weight excluding hydrogens is 408 g/mol. The van der Waals surface area contributed by atoms with Crippen LogP contribution in [-0.4, -0.2) is 25.7 Å². The van der Waals surface area contributed by atoms with Gasteiger partial charge in [0.05, 0.1) is 28.4 Å². The first kappa shape index (κ1) is 19.5. The van der Waals surface area contributed by atoms with Gasteiger partial charge in [0.25, 0.3) is 12.0 Å². The first-order valence-corrected chi connectivity index (χ1v) is 7.93. The third kappa shape index (κ3) is 3.48. The van der Waals surface area contributed by atoms with E-state index in [4.69, 9.17) is 11.6 Å². The second-order valence-corrected chi connectivity index (χ2v) is 5.94. The molecule has 0 N–H and O–H groups in total. The van der Waals surface area contributed by atoms with Crippen molar-refractivity contribution in [3.05, 3.63) is 73.8 Å². The Balaban J connectivity index is 2.43. The van der Waals surface area contributed by atoms with Gasteiger partial charge in [0.2, 0.25) is 0 Å². The van der Waals surface area contributed by atoms with Crippen molar-refractivity contribution in [2.45, 2.75) is 13.0 Å². The maximum atomic E-state index is 14.4. The van der Waals surface area contributed by atoms with Crippen molar-refractivity contribution < 1.29 is 22.5 Å². The molecule has 146 valence electrons. The number of nitrogens with zero attached hydrogens (tertiary/aromatic N) is 4. The summed E-state index contributed by atoms with van der Waals surface area (Å²) in [7, 11) is 0. The Morgan fingerprint density at radius 2 is 1.89 bits per heavy atom. The number of pyridine rings is 1. The topological polar surface area (TPSA) is 83.0 Å². The van der Waals surface area contributed by atoms with Gasteiger partial charge in [-0.05, 0) is 18.2 Å². The maximum Gasteiger partial charge on any atom is 0.307 e. The van der Waals surface area contributed by atoms with Crippen molar-refractivity contribution in [1.82, 2.24) is 14.3 Å². The number of hydrogen-bond donors (Lipinski definition) is 0. The normalized spacial score (nSPS) is 11.2. The highest BCUT2D eigenvalue weighted by atomic mass is 35.5. The van der Waals surface area contributed by atoms with Crippen LogP contribution in [0.3, 0.4) is 0 Å². The number of rotatable bonds is 5. The molecule has 0 unspecified atom stereocenters. The lowest BCUT2D eigenvalue weighted by molar-refractivity contribution is -0.384. The number of aromatic nitrogens is 3. The van der Waals surface area contributed by atoms with E-state index in [9.17, 15) is 32.5 Å². The first-order valence-electron chi connectivity index (χ1n) is 7.56. The molecule has 0 radical (unpaired) electrons. The number of halogens is 5. The molecule has 0 amide bonds. The second kappa shape index (κ2) is 7.43. The average molecular weight is 417 g/mol. The quantitative estimate of drug-likeness (QED) is 0.360. The molecule has 1 aromatic carbocycles. The molecule has 2 heterocycles. The van der Waals surface area contributed by atoms with E-state index in [1.807, 2.05) is 0 Å². The Morgan fingerprint density at radius 3 is 2.43 bits per heavy atom. The van der Waals surface area contributed by atoms with Crippen LogP contribution in [0.25, 0.3) is 16.9 Å². The van der Waals surface area contributed by atoms with Crippen LogP contribution < -0.4 is 5.56 Å². The predicted octanol–water partition coefficient (Wildman–Crippen LogP) is 3.81. The van der Waals surface area contributed by atoms with E-state index >= 15 is 0 Å². The molecular formula is C16H9ClF4N4O3. The number of benzene rings is 1. The van der Waals surface area contributed by atoms with Gasteiger partial charge in [0, 0.05) is 0 Å². The molecule has 3 aromatic rings. The summed E-state index contributed by atoms with van der Waals surface area (Å²) in [6.45, 7) is -1.21. The maximum absolute atomic E-state index is 14.4. The predicted molar refractivity (Wildman–Crippen MR) is 90.8 cm³/mol. The molecule has 0 saturated carbocycles. The van der Waals surface area contributed by atoms with Crippen LogP contribution >= 0.6 is 11.6 Å². The van der Waals surface area contributed by atoms with E-state index in [-0.39, 0.29) is 5.69 Å². The van der Waals surface area contributed by atoms with Crippen molar-refractivity contribution in [3.8, 4) is 16.9 Å². The van der Waals surface area contributed by atoms with Gasteiger partial charge in [-0.15, -0.1) is 0 Å². The smallest absolute Gasteiger partial charge is 0.299 e. The molecule has 3 rings (SSSR count). The monoisotopic (exact) mass is 416 g/mol. The van der Waals surface area contributed by atoms with E-state index in [2.05, 4.69) is 5.10 Å². The molecule has 28 heavy (non-hydrogen) atoms. The Bertz CT molecular complexity index is 1110. The van der Waals surface area contributed by atoms with Crippen molar-refractivity contribution >= 4 is 17.3 Å². The Labute approximate surface area is 158 Å². The van der Waals surface area contributed by atoms with Crippen LogP contribution in [0.2, 0.25) is 5.02 Å². The number of alkyl halides is 2. The fraction of sp³-hybridized carbons (Fsp3) is 0.125. The Hall–Kier alpha value is -3.21. The van der Waals surface area contributed by atoms with E-state index in [0.29, 0.717) is 4.57 Å². The molecule has 0 bridgehead atoms. The van der Waals surface area contributed by atoms with Gasteiger partial charge in [-0.25, -0.2) is 22.2 Å². The van der Waals surface area contributed by atoms with Crippen LogP contribution in [0.4, 0.5) is 23.2 Å². The minimum atomic E-state index is -3.05. The summed E-state index contributed by atoms with van der Waals surface area (Å²) in [6, 6.07) is 3.75. The summed E-state index contributed by atoms with van der Waals surface area (Å²) in [5.41, 5.74) is -3.22. The lowest BCUT2D eigenvalue weighted by Crippen LogP contribution is -2.27. The largest absolute Gasteiger partial charge is 0.307 e. The van der Waals surface area contributed by atoms with Crippen LogP contribution in [0.15, 0.2) is 41.5 Å². The summed E-state index contributed by atoms with van der Waals surface area (Å²) >= 11 is 5.82. The van der Waals surface area contributed by atoms with Gasteiger partial charge < -0.3 is 0 Å². The molecule has 0 atom stereocenters. The zero-order valence-corrected chi connectivity index (χ0v) is 14.4. The van der Waals surface area contributed by atoms with Crippen LogP contribution in [0, 0.1) is 21.7 Å². The molecule has 0 aliphatic rings. The fourth-order valence-electron chi connectivity index (χ4n) is 2.63. The van der Waals surface area contributed by atoms with Gasteiger partial charge in [-0.1, -0.05) is 17.7 Å². The van der Waals surface area contributed by atoms with Crippen molar-refractivity contribution in [1.29, 1.82) is 0 Å². The lowest BCUT2D eigenvalue weighted by atomic mass is 10.1. The zero-order chi connectivity index (χ0) is 20.6. The summed E-state index contributed by atoms with van der Waals surface area (Å²) in [6.07, 6.45) is -1.31. The highest BCUT2D eigenvalue weighted by Gasteiger charge is 2.25. The van der Waals surface area contributed by atoms with E-state index in [1.165, 1.54) is 0 Å². The summed E-state index contributed by atoms with van der Waals surface area (Å²) < 4.78 is 56.2. The molecule has 0 aliphatic heterocycles. The van der Waals surface area contributed by atoms with Gasteiger partial charge >= 0.3 is 5.69 Å². The first-order chi connectivity index (χ1) is 13.2. The molecule has 0 aliphatic carbocycles. The highest BCUT2D eigenvalue weighted by Crippen LogP contribution is 2.32. The zero-order valence-electron chi connectivity index (χ0n) is 13.7. The lowest BCUT2D eigenvalue weighted by Gasteiger charge is -2.18. The van der Waals surface area contributed by atoms with E-state index in [1.54, 1.807) is 0 Å². The molecule has 12 heteroatoms. The number of nitro groups is 1. The number of hydrogen-bond acceptors (Lipinski definition) is 4. The van der Waals surface area contributed by atoms with Crippen LogP contribution in [-0.2, 0) is 6.54 Å². The molecule has 2 aromatic heterocycles. The minimum Gasteiger partial charge on any atom is -0.299 e. The molecule has 0 saturated heterocycles. The minimum absolute atomic E-state index is 0.289. The highest BCUT2D eigenvalue weighted by molar-refractivity contribution is 6.30. The van der Waals surface area contributed by atoms with Crippen molar-refractivity contribution in [2.24, 2.45) is 0 Å². The molecule has 0 fully saturated rings. The van der Waals surface area contributed by atoms with Gasteiger partial charge in [-0.2, -0.15) is 5.10 Å². The van der Waals surface area contributed by atoms with Crippen molar-refractivity contribution in [2.75, 3.05) is 0 Å². The van der Waals surface area contributed by atoms with Gasteiger partial charge in [-0.3, -0.25) is 19.5 Å². The van der Waals surface area contributed by atoms with Crippen LogP contribution in [0.5, 0.6) is 0 Å². The third-order valence-corrected chi connectivity index (χ3v) is 4.04. The van der Waals surface area contributed by atoms with E-state index in [0.717, 1.165) is 41.3 Å². The SMILES string of the molecule is O=c1c(Cl)cc(-n2cc([N+](=O)[O-])cn2)c(-c2c(F)cccc2F)n1CC(F)F. The van der Waals surface area contributed by atoms with E-state index < -0.39 is 57.1 Å². The fourth-order valence-corrected chi connectivity index (χ4v) is 2.84. The standard InChI is InChI=1S/C16H9ClF4N4O3/c17-9-4-12(24-6-8(5-22-24)25(27)28)15(23(16(9)26)7-13(20)21)14-10(18)2-1-3-11(14)19/h1-6,13H,7H2. The van der Waals surface area contributed by atoms with Crippen molar-refractivity contribution in [3.63, 3.8) is 0 Å². The Kier molecular flexibility index (Phi) is 5.18. The molecule has 0 spiro atoms. The Morgan fingerprint density at radius 1 is 1.25 bits per heavy atom. The summed E-state index contributed by atoms with van der Waals surface area (Å²) in [5, 5.41) is 14.1. The second-order valence-electron chi connectivity index (χ2n) is 5.53. The van der Waals surface area contributed by atoms with Crippen LogP contribution in [0.1, 0.15) is 0 Å². The third-order valence-electron chi connectivity index (χ3n) is 3.77. The summed E-state index contributed by atoms with van der Waals surface area (Å²) in [5.74, 6) is -2.26. The van der Waals surface area contributed by atoms with Gasteiger partial charge in [0.15, 0.2) is 0 Å². The average Bonchev–Trinajstić information content (AvgIpc) is 3.10. The molecule has 7 nitrogen and oxygen atoms in total. The summed E-state index contributed by atoms with van der Waals surface area (Å²) in [4.78, 5) is 22.5. The van der Waals surface area contributed by atoms with Gasteiger partial charge in [0.1, 0.15) is 29.1 Å².